The van der Waals surface area contributed by atoms with Gasteiger partial charge in [-0.25, -0.2) is 5.11 Å². The molecule has 5 heteroatoms. The van der Waals surface area contributed by atoms with Crippen LogP contribution in [0.1, 0.15) is 12.8 Å². The van der Waals surface area contributed by atoms with E-state index in [2.05, 4.69) is 0 Å². The van der Waals surface area contributed by atoms with E-state index in [0.29, 0.717) is 13.0 Å². The molecule has 1 radical (unpaired) electrons. The van der Waals surface area contributed by atoms with Crippen LogP contribution in [-0.4, -0.2) is 52.9 Å². The molecule has 1 saturated heterocycles. The third-order valence-corrected chi connectivity index (χ3v) is 2.29. The highest BCUT2D eigenvalue weighted by Crippen LogP contribution is 2.17. The Labute approximate surface area is 76.6 Å². The Hall–Kier alpha value is -0.650. The van der Waals surface area contributed by atoms with Crippen molar-refractivity contribution < 1.29 is 20.1 Å². The molecule has 0 aromatic heterocycles. The van der Waals surface area contributed by atoms with Crippen LogP contribution in [0.5, 0.6) is 0 Å². The Morgan fingerprint density at radius 3 is 2.85 bits per heavy atom. The third kappa shape index (κ3) is 2.65. The molecule has 2 atom stereocenters. The fourth-order valence-electron chi connectivity index (χ4n) is 1.65. The molecule has 0 aromatic rings. The molecule has 0 bridgehead atoms. The number of carboxylic acids is 1. The Morgan fingerprint density at radius 2 is 2.31 bits per heavy atom. The molecule has 5 nitrogen and oxygen atoms in total. The summed E-state index contributed by atoms with van der Waals surface area (Å²) in [5.41, 5.74) is 0. The summed E-state index contributed by atoms with van der Waals surface area (Å²) >= 11 is 0. The van der Waals surface area contributed by atoms with Crippen molar-refractivity contribution in [1.82, 2.24) is 4.90 Å². The second kappa shape index (κ2) is 4.55. The molecule has 0 saturated carbocycles. The quantitative estimate of drug-likeness (QED) is 0.613. The summed E-state index contributed by atoms with van der Waals surface area (Å²) in [6, 6.07) is -0.513. The molecule has 1 fully saturated rings. The first-order valence-corrected chi connectivity index (χ1v) is 4.38. The highest BCUT2D eigenvalue weighted by molar-refractivity contribution is 5.73. The number of likely N-dealkylation sites (tertiary alicyclic amines) is 1. The summed E-state index contributed by atoms with van der Waals surface area (Å²) < 4.78 is 0. The number of hydrogen-bond donors (Lipinski definition) is 2. The van der Waals surface area contributed by atoms with Gasteiger partial charge in [-0.2, -0.15) is 0 Å². The summed E-state index contributed by atoms with van der Waals surface area (Å²) in [7, 11) is 0. The van der Waals surface area contributed by atoms with Crippen LogP contribution < -0.4 is 0 Å². The van der Waals surface area contributed by atoms with E-state index in [9.17, 15) is 9.90 Å². The zero-order chi connectivity index (χ0) is 9.84. The van der Waals surface area contributed by atoms with Crippen LogP contribution in [0.25, 0.3) is 0 Å². The normalized spacial score (nSPS) is 26.2. The Morgan fingerprint density at radius 1 is 1.62 bits per heavy atom. The van der Waals surface area contributed by atoms with Crippen molar-refractivity contribution in [2.75, 3.05) is 19.7 Å². The van der Waals surface area contributed by atoms with Crippen LogP contribution in [0, 0.1) is 0 Å². The van der Waals surface area contributed by atoms with Crippen LogP contribution in [0.3, 0.4) is 0 Å². The number of carboxylic acid groups (broad SMARTS) is 1. The first-order valence-electron chi connectivity index (χ1n) is 4.38. The van der Waals surface area contributed by atoms with Crippen molar-refractivity contribution in [2.45, 2.75) is 25.0 Å². The zero-order valence-corrected chi connectivity index (χ0v) is 7.35. The van der Waals surface area contributed by atoms with Gasteiger partial charge in [-0.05, 0) is 19.4 Å². The molecule has 1 aliphatic rings. The van der Waals surface area contributed by atoms with Crippen molar-refractivity contribution in [2.24, 2.45) is 0 Å². The van der Waals surface area contributed by atoms with Gasteiger partial charge in [-0.15, -0.1) is 0 Å². The van der Waals surface area contributed by atoms with Crippen LogP contribution in [-0.2, 0) is 9.90 Å². The lowest BCUT2D eigenvalue weighted by molar-refractivity contribution is -0.142. The number of β-amino-alcohol motifs (C(OH)–C–C–N with tert-alkyl or cyclic N) is 1. The van der Waals surface area contributed by atoms with E-state index in [1.807, 2.05) is 0 Å². The minimum absolute atomic E-state index is 0.181. The Kier molecular flexibility index (Phi) is 3.65. The van der Waals surface area contributed by atoms with Crippen molar-refractivity contribution in [1.29, 1.82) is 0 Å². The van der Waals surface area contributed by atoms with Gasteiger partial charge in [0.1, 0.15) is 12.6 Å². The monoisotopic (exact) mass is 188 g/mol. The van der Waals surface area contributed by atoms with E-state index in [1.54, 1.807) is 4.90 Å². The van der Waals surface area contributed by atoms with Crippen LogP contribution in [0.4, 0.5) is 0 Å². The standard InChI is InChI=1S/C8H14NO4/c10-5-6(11)4-9-3-1-2-7(9)8(12)13/h6-7,11H,1-5H2,(H,12,13). The van der Waals surface area contributed by atoms with Crippen LogP contribution in [0.2, 0.25) is 0 Å². The van der Waals surface area contributed by atoms with E-state index in [0.717, 1.165) is 6.42 Å². The average molecular weight is 188 g/mol. The lowest BCUT2D eigenvalue weighted by Gasteiger charge is -2.22. The maximum absolute atomic E-state index is 10.7. The van der Waals surface area contributed by atoms with Gasteiger partial charge in [0.25, 0.3) is 0 Å². The van der Waals surface area contributed by atoms with E-state index in [4.69, 9.17) is 10.2 Å². The highest BCUT2D eigenvalue weighted by atomic mass is 16.4. The van der Waals surface area contributed by atoms with Crippen molar-refractivity contribution in [3.8, 4) is 0 Å². The van der Waals surface area contributed by atoms with E-state index in [-0.39, 0.29) is 6.54 Å². The number of carbonyl (C=O) groups is 1. The summed E-state index contributed by atoms with van der Waals surface area (Å²) in [5, 5.41) is 28.1. The lowest BCUT2D eigenvalue weighted by Crippen LogP contribution is -2.41. The lowest BCUT2D eigenvalue weighted by atomic mass is 10.2. The minimum atomic E-state index is -0.944. The number of nitrogens with zero attached hydrogens (tertiary/aromatic N) is 1. The molecule has 0 aromatic carbocycles. The molecule has 2 N–H and O–H groups in total. The first kappa shape index (κ1) is 10.4. The molecule has 2 unspecified atom stereocenters. The third-order valence-electron chi connectivity index (χ3n) is 2.29. The second-order valence-corrected chi connectivity index (χ2v) is 3.31. The molecule has 1 rings (SSSR count). The van der Waals surface area contributed by atoms with Gasteiger partial charge in [0.05, 0.1) is 6.10 Å². The number of aliphatic carboxylic acids is 1. The minimum Gasteiger partial charge on any atom is -0.480 e. The number of aliphatic hydroxyl groups is 1. The molecule has 1 aliphatic heterocycles. The van der Waals surface area contributed by atoms with Crippen molar-refractivity contribution >= 4 is 5.97 Å². The number of aliphatic hydroxyl groups excluding tert-OH is 1. The molecular formula is C8H14NO4. The Bertz CT molecular complexity index is 185. The van der Waals surface area contributed by atoms with E-state index >= 15 is 0 Å². The van der Waals surface area contributed by atoms with Gasteiger partial charge in [0, 0.05) is 6.54 Å². The van der Waals surface area contributed by atoms with Crippen LogP contribution in [0.15, 0.2) is 0 Å². The first-order chi connectivity index (χ1) is 6.15. The number of hydrogen-bond acceptors (Lipinski definition) is 3. The van der Waals surface area contributed by atoms with Gasteiger partial charge < -0.3 is 10.2 Å². The molecule has 0 aliphatic carbocycles. The molecule has 0 amide bonds. The van der Waals surface area contributed by atoms with Crippen molar-refractivity contribution in [3.05, 3.63) is 0 Å². The van der Waals surface area contributed by atoms with Gasteiger partial charge in [-0.3, -0.25) is 9.69 Å². The molecule has 75 valence electrons. The van der Waals surface area contributed by atoms with Crippen molar-refractivity contribution in [3.63, 3.8) is 0 Å². The molecular weight excluding hydrogens is 174 g/mol. The molecule has 1 heterocycles. The highest BCUT2D eigenvalue weighted by Gasteiger charge is 2.31. The fourth-order valence-corrected chi connectivity index (χ4v) is 1.65. The zero-order valence-electron chi connectivity index (χ0n) is 7.35. The SMILES string of the molecule is [O]CC(O)CN1CCCC1C(=O)O. The summed E-state index contributed by atoms with van der Waals surface area (Å²) in [6.07, 6.45) is 0.489. The van der Waals surface area contributed by atoms with Crippen LogP contribution >= 0.6 is 0 Å². The average Bonchev–Trinajstić information content (AvgIpc) is 2.52. The molecule has 13 heavy (non-hydrogen) atoms. The largest absolute Gasteiger partial charge is 0.480 e. The van der Waals surface area contributed by atoms with Gasteiger partial charge in [0.15, 0.2) is 0 Å². The topological polar surface area (TPSA) is 80.7 Å². The fraction of sp³-hybridized carbons (Fsp3) is 0.875. The summed E-state index contributed by atoms with van der Waals surface area (Å²) in [5.74, 6) is -0.865. The van der Waals surface area contributed by atoms with E-state index < -0.39 is 24.7 Å². The predicted octanol–water partition coefficient (Wildman–Crippen LogP) is -0.673. The second-order valence-electron chi connectivity index (χ2n) is 3.31. The maximum Gasteiger partial charge on any atom is 0.320 e. The van der Waals surface area contributed by atoms with Gasteiger partial charge >= 0.3 is 5.97 Å². The summed E-state index contributed by atoms with van der Waals surface area (Å²) in [4.78, 5) is 12.3. The summed E-state index contributed by atoms with van der Waals surface area (Å²) in [6.45, 7) is 0.275. The van der Waals surface area contributed by atoms with Gasteiger partial charge in [0.2, 0.25) is 0 Å². The Balaban J connectivity index is 2.44. The maximum atomic E-state index is 10.7. The van der Waals surface area contributed by atoms with Gasteiger partial charge in [-0.1, -0.05) is 0 Å². The van der Waals surface area contributed by atoms with E-state index in [1.165, 1.54) is 0 Å². The predicted molar refractivity (Wildman–Crippen MR) is 43.8 cm³/mol. The number of rotatable bonds is 4. The molecule has 0 spiro atoms. The smallest absolute Gasteiger partial charge is 0.320 e.